The van der Waals surface area contributed by atoms with Crippen LogP contribution < -0.4 is 9.47 Å². The summed E-state index contributed by atoms with van der Waals surface area (Å²) < 4.78 is 21.4. The molecule has 0 unspecified atom stereocenters. The average Bonchev–Trinajstić information content (AvgIpc) is 3.02. The van der Waals surface area contributed by atoms with Gasteiger partial charge in [0.25, 0.3) is 11.1 Å². The lowest BCUT2D eigenvalue weighted by atomic mass is 10.1. The van der Waals surface area contributed by atoms with E-state index in [-0.39, 0.29) is 24.7 Å². The Bertz CT molecular complexity index is 933. The lowest BCUT2D eigenvalue weighted by molar-refractivity contribution is -0.150. The second-order valence-corrected chi connectivity index (χ2v) is 8.17. The zero-order valence-corrected chi connectivity index (χ0v) is 20.5. The first-order valence-electron chi connectivity index (χ1n) is 9.91. The fourth-order valence-electron chi connectivity index (χ4n) is 2.71. The van der Waals surface area contributed by atoms with Gasteiger partial charge in [0, 0.05) is 4.47 Å². The normalized spacial score (nSPS) is 15.7. The Labute approximate surface area is 198 Å². The zero-order chi connectivity index (χ0) is 23.8. The van der Waals surface area contributed by atoms with Crippen LogP contribution in [-0.2, 0) is 23.9 Å². The summed E-state index contributed by atoms with van der Waals surface area (Å²) in [6, 6.07) is 2.19. The van der Waals surface area contributed by atoms with E-state index in [1.54, 1.807) is 32.9 Å². The van der Waals surface area contributed by atoms with E-state index < -0.39 is 29.1 Å². The van der Waals surface area contributed by atoms with Gasteiger partial charge in [-0.25, -0.2) is 9.59 Å². The summed E-state index contributed by atoms with van der Waals surface area (Å²) in [5.74, 6) is -1.09. The van der Waals surface area contributed by atoms with Crippen molar-refractivity contribution in [2.24, 2.45) is 0 Å². The van der Waals surface area contributed by atoms with Crippen LogP contribution in [0.25, 0.3) is 6.08 Å². The van der Waals surface area contributed by atoms with Crippen LogP contribution in [0.5, 0.6) is 11.5 Å². The largest absolute Gasteiger partial charge is 0.490 e. The Balaban J connectivity index is 2.30. The van der Waals surface area contributed by atoms with Gasteiger partial charge in [0.05, 0.1) is 24.7 Å². The molecular weight excluding hydrogens is 506 g/mol. The van der Waals surface area contributed by atoms with Crippen LogP contribution in [0.1, 0.15) is 33.3 Å². The summed E-state index contributed by atoms with van der Waals surface area (Å²) in [6.07, 6.45) is 1.52. The van der Waals surface area contributed by atoms with Crippen molar-refractivity contribution in [3.8, 4) is 11.5 Å². The summed E-state index contributed by atoms with van der Waals surface area (Å²) in [5, 5.41) is -0.558. The number of esters is 2. The van der Waals surface area contributed by atoms with E-state index in [4.69, 9.17) is 18.9 Å². The second kappa shape index (κ2) is 11.9. The maximum absolute atomic E-state index is 12.8. The minimum Gasteiger partial charge on any atom is -0.490 e. The van der Waals surface area contributed by atoms with E-state index in [2.05, 4.69) is 15.9 Å². The van der Waals surface area contributed by atoms with Crippen molar-refractivity contribution in [3.63, 3.8) is 0 Å². The Kier molecular flexibility index (Phi) is 9.58. The summed E-state index contributed by atoms with van der Waals surface area (Å²) in [4.78, 5) is 49.7. The van der Waals surface area contributed by atoms with Gasteiger partial charge in [0.1, 0.15) is 6.04 Å². The second-order valence-electron chi connectivity index (χ2n) is 6.33. The van der Waals surface area contributed by atoms with Crippen molar-refractivity contribution in [2.45, 2.75) is 33.7 Å². The van der Waals surface area contributed by atoms with Gasteiger partial charge < -0.3 is 18.9 Å². The first kappa shape index (κ1) is 25.7. The number of thioether (sulfide) groups is 1. The van der Waals surface area contributed by atoms with Crippen LogP contribution in [0, 0.1) is 0 Å². The molecule has 32 heavy (non-hydrogen) atoms. The van der Waals surface area contributed by atoms with Gasteiger partial charge in [-0.3, -0.25) is 14.5 Å². The fourth-order valence-corrected chi connectivity index (χ4v) is 4.04. The molecule has 0 aromatic heterocycles. The summed E-state index contributed by atoms with van der Waals surface area (Å²) >= 11 is 4.14. The molecule has 0 aliphatic carbocycles. The standard InChI is InChI=1S/C21H24BrNO8S/c1-5-28-15-8-13(14(22)10-16(15)31-11-18(24)29-6-2)9-17-19(25)23(21(27)32-17)12(4)20(26)30-7-3/h8-10,12H,5-7,11H2,1-4H3/b17-9+/t12-/m1/s1. The molecule has 1 heterocycles. The molecule has 9 nitrogen and oxygen atoms in total. The molecule has 2 rings (SSSR count). The van der Waals surface area contributed by atoms with Crippen molar-refractivity contribution in [1.29, 1.82) is 0 Å². The average molecular weight is 530 g/mol. The van der Waals surface area contributed by atoms with Crippen LogP contribution in [0.3, 0.4) is 0 Å². The fraction of sp³-hybridized carbons (Fsp3) is 0.429. The first-order valence-corrected chi connectivity index (χ1v) is 11.5. The zero-order valence-electron chi connectivity index (χ0n) is 18.1. The van der Waals surface area contributed by atoms with Gasteiger partial charge >= 0.3 is 11.9 Å². The molecule has 1 aliphatic heterocycles. The Morgan fingerprint density at radius 3 is 2.34 bits per heavy atom. The van der Waals surface area contributed by atoms with Crippen LogP contribution in [-0.4, -0.2) is 60.5 Å². The molecule has 1 fully saturated rings. The first-order chi connectivity index (χ1) is 15.2. The number of hydrogen-bond donors (Lipinski definition) is 0. The van der Waals surface area contributed by atoms with E-state index >= 15 is 0 Å². The lowest BCUT2D eigenvalue weighted by Crippen LogP contribution is -2.42. The number of benzene rings is 1. The summed E-state index contributed by atoms with van der Waals surface area (Å²) in [7, 11) is 0. The van der Waals surface area contributed by atoms with Crippen molar-refractivity contribution in [1.82, 2.24) is 4.90 Å². The Hall–Kier alpha value is -2.53. The molecule has 1 atom stereocenters. The van der Waals surface area contributed by atoms with E-state index in [0.717, 1.165) is 16.7 Å². The number of hydrogen-bond acceptors (Lipinski definition) is 9. The third-order valence-corrected chi connectivity index (χ3v) is 5.71. The quantitative estimate of drug-likeness (QED) is 0.330. The summed E-state index contributed by atoms with van der Waals surface area (Å²) in [6.45, 7) is 7.01. The molecule has 1 aromatic rings. The van der Waals surface area contributed by atoms with Crippen molar-refractivity contribution in [3.05, 3.63) is 27.1 Å². The van der Waals surface area contributed by atoms with Gasteiger partial charge in [0.15, 0.2) is 18.1 Å². The molecule has 1 saturated heterocycles. The van der Waals surface area contributed by atoms with E-state index in [0.29, 0.717) is 28.1 Å². The van der Waals surface area contributed by atoms with E-state index in [1.807, 2.05) is 0 Å². The predicted molar refractivity (Wildman–Crippen MR) is 121 cm³/mol. The predicted octanol–water partition coefficient (Wildman–Crippen LogP) is 3.78. The molecule has 0 spiro atoms. The highest BCUT2D eigenvalue weighted by atomic mass is 79.9. The molecule has 174 valence electrons. The molecule has 0 saturated carbocycles. The third kappa shape index (κ3) is 6.26. The minimum atomic E-state index is -1.03. The third-order valence-electron chi connectivity index (χ3n) is 4.14. The Morgan fingerprint density at radius 2 is 1.72 bits per heavy atom. The van der Waals surface area contributed by atoms with Crippen molar-refractivity contribution in [2.75, 3.05) is 26.4 Å². The van der Waals surface area contributed by atoms with E-state index in [9.17, 15) is 19.2 Å². The topological polar surface area (TPSA) is 108 Å². The molecular formula is C21H24BrNO8S. The van der Waals surface area contributed by atoms with Crippen LogP contribution >= 0.6 is 27.7 Å². The number of rotatable bonds is 10. The van der Waals surface area contributed by atoms with Crippen molar-refractivity contribution < 1.29 is 38.1 Å². The van der Waals surface area contributed by atoms with E-state index in [1.165, 1.54) is 13.0 Å². The molecule has 1 aromatic carbocycles. The van der Waals surface area contributed by atoms with Gasteiger partial charge in [-0.15, -0.1) is 0 Å². The van der Waals surface area contributed by atoms with Crippen LogP contribution in [0.4, 0.5) is 4.79 Å². The van der Waals surface area contributed by atoms with Crippen LogP contribution in [0.2, 0.25) is 0 Å². The summed E-state index contributed by atoms with van der Waals surface area (Å²) in [5.41, 5.74) is 0.547. The maximum atomic E-state index is 12.8. The maximum Gasteiger partial charge on any atom is 0.344 e. The number of carbonyl (C=O) groups excluding carboxylic acids is 4. The monoisotopic (exact) mass is 529 g/mol. The lowest BCUT2D eigenvalue weighted by Gasteiger charge is -2.19. The highest BCUT2D eigenvalue weighted by molar-refractivity contribution is 9.10. The highest BCUT2D eigenvalue weighted by Crippen LogP contribution is 2.38. The number of amides is 2. The minimum absolute atomic E-state index is 0.146. The highest BCUT2D eigenvalue weighted by Gasteiger charge is 2.41. The number of nitrogens with zero attached hydrogens (tertiary/aromatic N) is 1. The number of imide groups is 1. The van der Waals surface area contributed by atoms with Gasteiger partial charge in [-0.2, -0.15) is 0 Å². The van der Waals surface area contributed by atoms with Gasteiger partial charge in [0.2, 0.25) is 0 Å². The van der Waals surface area contributed by atoms with Crippen molar-refractivity contribution >= 4 is 56.9 Å². The molecule has 0 bridgehead atoms. The Morgan fingerprint density at radius 1 is 1.06 bits per heavy atom. The SMILES string of the molecule is CCOC(=O)COc1cc(Br)c(/C=C2/SC(=O)N([C@H](C)C(=O)OCC)C2=O)cc1OCC. The number of carbonyl (C=O) groups is 4. The smallest absolute Gasteiger partial charge is 0.344 e. The molecule has 11 heteroatoms. The molecule has 2 amide bonds. The van der Waals surface area contributed by atoms with Crippen LogP contribution in [0.15, 0.2) is 21.5 Å². The molecule has 1 aliphatic rings. The molecule has 0 radical (unpaired) electrons. The molecule has 0 N–H and O–H groups in total. The van der Waals surface area contributed by atoms with Gasteiger partial charge in [-0.1, -0.05) is 15.9 Å². The van der Waals surface area contributed by atoms with Gasteiger partial charge in [-0.05, 0) is 63.2 Å². The number of ether oxygens (including phenoxy) is 4. The number of halogens is 1.